The third kappa shape index (κ3) is 5.93. The number of hydrogen-bond donors (Lipinski definition) is 1. The molecule has 3 rings (SSSR count). The van der Waals surface area contributed by atoms with E-state index < -0.39 is 15.9 Å². The zero-order valence-corrected chi connectivity index (χ0v) is 18.4. The SMILES string of the molecule is CCOc1ccc(S(=O)(=O)N(CC(=O)Nc2ccccc2C)Cc2ccccc2)cc1. The number of benzene rings is 3. The van der Waals surface area contributed by atoms with Crippen LogP contribution in [-0.2, 0) is 21.4 Å². The first-order valence-corrected chi connectivity index (χ1v) is 11.5. The number of carbonyl (C=O) groups excluding carboxylic acids is 1. The summed E-state index contributed by atoms with van der Waals surface area (Å²) in [6.07, 6.45) is 0. The summed E-state index contributed by atoms with van der Waals surface area (Å²) in [5.41, 5.74) is 2.35. The maximum atomic E-state index is 13.4. The van der Waals surface area contributed by atoms with E-state index in [4.69, 9.17) is 4.74 Å². The van der Waals surface area contributed by atoms with Gasteiger partial charge in [-0.3, -0.25) is 4.79 Å². The highest BCUT2D eigenvalue weighted by molar-refractivity contribution is 7.89. The average Bonchev–Trinajstić information content (AvgIpc) is 2.76. The zero-order valence-electron chi connectivity index (χ0n) is 17.6. The van der Waals surface area contributed by atoms with E-state index in [2.05, 4.69) is 5.32 Å². The lowest BCUT2D eigenvalue weighted by Crippen LogP contribution is -2.37. The molecule has 3 aromatic carbocycles. The van der Waals surface area contributed by atoms with E-state index in [-0.39, 0.29) is 18.0 Å². The molecule has 0 aromatic heterocycles. The normalized spacial score (nSPS) is 11.3. The Labute approximate surface area is 183 Å². The Kier molecular flexibility index (Phi) is 7.44. The van der Waals surface area contributed by atoms with Crippen LogP contribution in [0, 0.1) is 6.92 Å². The monoisotopic (exact) mass is 438 g/mol. The van der Waals surface area contributed by atoms with Gasteiger partial charge in [0.2, 0.25) is 15.9 Å². The number of anilines is 1. The van der Waals surface area contributed by atoms with Gasteiger partial charge >= 0.3 is 0 Å². The molecule has 0 fully saturated rings. The Morgan fingerprint density at radius 1 is 0.935 bits per heavy atom. The van der Waals surface area contributed by atoms with Crippen LogP contribution >= 0.6 is 0 Å². The molecule has 0 bridgehead atoms. The minimum atomic E-state index is -3.91. The van der Waals surface area contributed by atoms with E-state index in [1.807, 2.05) is 62.4 Å². The number of para-hydroxylation sites is 1. The van der Waals surface area contributed by atoms with E-state index in [0.29, 0.717) is 18.0 Å². The standard InChI is InChI=1S/C24H26N2O4S/c1-3-30-21-13-15-22(16-14-21)31(28,29)26(17-20-10-5-4-6-11-20)18-24(27)25-23-12-8-7-9-19(23)2/h4-16H,3,17-18H2,1-2H3,(H,25,27). The van der Waals surface area contributed by atoms with Crippen LogP contribution in [0.1, 0.15) is 18.1 Å². The number of nitrogens with one attached hydrogen (secondary N) is 1. The number of rotatable bonds is 9. The summed E-state index contributed by atoms with van der Waals surface area (Å²) in [6, 6.07) is 22.8. The van der Waals surface area contributed by atoms with Crippen molar-refractivity contribution in [3.8, 4) is 5.75 Å². The molecule has 0 aliphatic heterocycles. The maximum absolute atomic E-state index is 13.4. The highest BCUT2D eigenvalue weighted by Gasteiger charge is 2.27. The van der Waals surface area contributed by atoms with Gasteiger partial charge in [0.05, 0.1) is 18.0 Å². The van der Waals surface area contributed by atoms with Gasteiger partial charge in [0.15, 0.2) is 0 Å². The van der Waals surface area contributed by atoms with Crippen molar-refractivity contribution in [3.05, 3.63) is 90.0 Å². The van der Waals surface area contributed by atoms with Crippen molar-refractivity contribution in [1.29, 1.82) is 0 Å². The van der Waals surface area contributed by atoms with Gasteiger partial charge in [0, 0.05) is 12.2 Å². The molecule has 1 amide bonds. The van der Waals surface area contributed by atoms with Crippen molar-refractivity contribution in [1.82, 2.24) is 4.31 Å². The van der Waals surface area contributed by atoms with Gasteiger partial charge in [-0.25, -0.2) is 8.42 Å². The second-order valence-electron chi connectivity index (χ2n) is 7.03. The van der Waals surface area contributed by atoms with Gasteiger partial charge in [0.25, 0.3) is 0 Å². The first-order chi connectivity index (χ1) is 14.9. The topological polar surface area (TPSA) is 75.7 Å². The van der Waals surface area contributed by atoms with Gasteiger partial charge in [-0.15, -0.1) is 0 Å². The summed E-state index contributed by atoms with van der Waals surface area (Å²) in [5, 5.41) is 2.81. The van der Waals surface area contributed by atoms with Crippen molar-refractivity contribution in [2.24, 2.45) is 0 Å². The molecule has 0 saturated heterocycles. The molecule has 31 heavy (non-hydrogen) atoms. The van der Waals surface area contributed by atoms with Crippen molar-refractivity contribution < 1.29 is 17.9 Å². The fourth-order valence-electron chi connectivity index (χ4n) is 3.10. The zero-order chi connectivity index (χ0) is 22.3. The van der Waals surface area contributed by atoms with E-state index in [9.17, 15) is 13.2 Å². The second-order valence-corrected chi connectivity index (χ2v) is 8.96. The number of nitrogens with zero attached hydrogens (tertiary/aromatic N) is 1. The minimum absolute atomic E-state index is 0.0809. The number of hydrogen-bond acceptors (Lipinski definition) is 4. The Bertz CT molecular complexity index is 1110. The molecule has 3 aromatic rings. The van der Waals surface area contributed by atoms with Crippen molar-refractivity contribution in [3.63, 3.8) is 0 Å². The molecular weight excluding hydrogens is 412 g/mol. The Hall–Kier alpha value is -3.16. The highest BCUT2D eigenvalue weighted by atomic mass is 32.2. The van der Waals surface area contributed by atoms with Gasteiger partial charge < -0.3 is 10.1 Å². The van der Waals surface area contributed by atoms with Crippen molar-refractivity contribution in [2.45, 2.75) is 25.3 Å². The number of carbonyl (C=O) groups is 1. The molecule has 0 aliphatic rings. The molecule has 0 heterocycles. The molecule has 0 radical (unpaired) electrons. The van der Waals surface area contributed by atoms with Crippen LogP contribution < -0.4 is 10.1 Å². The van der Waals surface area contributed by atoms with Crippen molar-refractivity contribution >= 4 is 21.6 Å². The molecular formula is C24H26N2O4S. The van der Waals surface area contributed by atoms with Crippen LogP contribution in [-0.4, -0.2) is 31.8 Å². The van der Waals surface area contributed by atoms with E-state index in [0.717, 1.165) is 11.1 Å². The maximum Gasteiger partial charge on any atom is 0.243 e. The molecule has 0 aliphatic carbocycles. The molecule has 0 atom stereocenters. The quantitative estimate of drug-likeness (QED) is 0.543. The number of ether oxygens (including phenoxy) is 1. The minimum Gasteiger partial charge on any atom is -0.494 e. The molecule has 162 valence electrons. The van der Waals surface area contributed by atoms with Crippen LogP contribution in [0.25, 0.3) is 0 Å². The van der Waals surface area contributed by atoms with Crippen LogP contribution in [0.15, 0.2) is 83.8 Å². The fourth-order valence-corrected chi connectivity index (χ4v) is 4.48. The van der Waals surface area contributed by atoms with Crippen LogP contribution in [0.3, 0.4) is 0 Å². The average molecular weight is 439 g/mol. The van der Waals surface area contributed by atoms with Crippen LogP contribution in [0.2, 0.25) is 0 Å². The number of amides is 1. The molecule has 7 heteroatoms. The van der Waals surface area contributed by atoms with Crippen molar-refractivity contribution in [2.75, 3.05) is 18.5 Å². The molecule has 0 unspecified atom stereocenters. The lowest BCUT2D eigenvalue weighted by atomic mass is 10.2. The number of aryl methyl sites for hydroxylation is 1. The molecule has 0 spiro atoms. The molecule has 0 saturated carbocycles. The Morgan fingerprint density at radius 2 is 1.58 bits per heavy atom. The van der Waals surface area contributed by atoms with E-state index >= 15 is 0 Å². The highest BCUT2D eigenvalue weighted by Crippen LogP contribution is 2.22. The molecule has 6 nitrogen and oxygen atoms in total. The first-order valence-electron chi connectivity index (χ1n) is 10.0. The largest absolute Gasteiger partial charge is 0.494 e. The van der Waals surface area contributed by atoms with Gasteiger partial charge in [-0.1, -0.05) is 48.5 Å². The fraction of sp³-hybridized carbons (Fsp3) is 0.208. The van der Waals surface area contributed by atoms with E-state index in [1.165, 1.54) is 16.4 Å². The first kappa shape index (κ1) is 22.5. The third-order valence-electron chi connectivity index (χ3n) is 4.71. The van der Waals surface area contributed by atoms with Crippen LogP contribution in [0.5, 0.6) is 5.75 Å². The lowest BCUT2D eigenvalue weighted by molar-refractivity contribution is -0.116. The van der Waals surface area contributed by atoms with Gasteiger partial charge in [-0.2, -0.15) is 4.31 Å². The predicted octanol–water partition coefficient (Wildman–Crippen LogP) is 4.22. The smallest absolute Gasteiger partial charge is 0.243 e. The van der Waals surface area contributed by atoms with Gasteiger partial charge in [0.1, 0.15) is 5.75 Å². The summed E-state index contributed by atoms with van der Waals surface area (Å²) in [5.74, 6) is 0.188. The summed E-state index contributed by atoms with van der Waals surface area (Å²) >= 11 is 0. The number of sulfonamides is 1. The third-order valence-corrected chi connectivity index (χ3v) is 6.52. The molecule has 1 N–H and O–H groups in total. The Morgan fingerprint density at radius 3 is 2.23 bits per heavy atom. The summed E-state index contributed by atoms with van der Waals surface area (Å²) in [4.78, 5) is 12.9. The summed E-state index contributed by atoms with van der Waals surface area (Å²) < 4.78 is 33.3. The summed E-state index contributed by atoms with van der Waals surface area (Å²) in [6.45, 7) is 4.01. The van der Waals surface area contributed by atoms with E-state index in [1.54, 1.807) is 18.2 Å². The van der Waals surface area contributed by atoms with Crippen LogP contribution in [0.4, 0.5) is 5.69 Å². The summed E-state index contributed by atoms with van der Waals surface area (Å²) in [7, 11) is -3.91. The Balaban J connectivity index is 1.86. The lowest BCUT2D eigenvalue weighted by Gasteiger charge is -2.22. The predicted molar refractivity (Wildman–Crippen MR) is 121 cm³/mol. The van der Waals surface area contributed by atoms with Gasteiger partial charge in [-0.05, 0) is 55.3 Å². The second kappa shape index (κ2) is 10.2.